The number of nitrogens with zero attached hydrogens (tertiary/aromatic N) is 5. The monoisotopic (exact) mass is 496 g/mol. The van der Waals surface area contributed by atoms with Crippen LogP contribution in [-0.4, -0.2) is 62.5 Å². The van der Waals surface area contributed by atoms with Gasteiger partial charge in [-0.05, 0) is 56.4 Å². The van der Waals surface area contributed by atoms with Gasteiger partial charge in [0, 0.05) is 30.5 Å². The van der Waals surface area contributed by atoms with E-state index in [1.165, 1.54) is 35.8 Å². The fourth-order valence-corrected chi connectivity index (χ4v) is 3.64. The zero-order chi connectivity index (χ0) is 25.0. The van der Waals surface area contributed by atoms with Crippen LogP contribution < -0.4 is 10.1 Å². The van der Waals surface area contributed by atoms with Gasteiger partial charge in [-0.2, -0.15) is 4.98 Å². The van der Waals surface area contributed by atoms with Crippen LogP contribution in [0.4, 0.5) is 18.9 Å². The number of aryl methyl sites for hydroxylation is 2. The van der Waals surface area contributed by atoms with Crippen LogP contribution in [0.5, 0.6) is 5.75 Å². The van der Waals surface area contributed by atoms with Crippen molar-refractivity contribution in [2.45, 2.75) is 38.2 Å². The van der Waals surface area contributed by atoms with Crippen molar-refractivity contribution in [3.8, 4) is 5.75 Å². The minimum atomic E-state index is -4.79. The molecule has 34 heavy (non-hydrogen) atoms. The average molecular weight is 497 g/mol. The quantitative estimate of drug-likeness (QED) is 0.477. The van der Waals surface area contributed by atoms with E-state index in [-0.39, 0.29) is 24.6 Å². The van der Waals surface area contributed by atoms with Crippen LogP contribution in [0.25, 0.3) is 5.78 Å². The minimum Gasteiger partial charge on any atom is -0.406 e. The summed E-state index contributed by atoms with van der Waals surface area (Å²) in [6.45, 7) is 3.53. The number of aromatic nitrogens is 4. The highest BCUT2D eigenvalue weighted by Gasteiger charge is 2.31. The lowest BCUT2D eigenvalue weighted by Gasteiger charge is -2.18. The smallest absolute Gasteiger partial charge is 0.406 e. The molecule has 9 nitrogen and oxygen atoms in total. The maximum absolute atomic E-state index is 12.6. The molecule has 0 aliphatic heterocycles. The molecule has 182 valence electrons. The highest BCUT2D eigenvalue weighted by Crippen LogP contribution is 2.24. The van der Waals surface area contributed by atoms with Crippen LogP contribution in [0.3, 0.4) is 0 Å². The molecule has 0 aliphatic carbocycles. The number of fused-ring (bicyclic) bond motifs is 1. The summed E-state index contributed by atoms with van der Waals surface area (Å²) in [6.07, 6.45) is -2.34. The van der Waals surface area contributed by atoms with Gasteiger partial charge in [-0.15, -0.1) is 18.3 Å². The molecule has 1 aromatic carbocycles. The summed E-state index contributed by atoms with van der Waals surface area (Å²) in [5, 5.41) is 7.54. The van der Waals surface area contributed by atoms with Crippen molar-refractivity contribution >= 4 is 35.0 Å². The summed E-state index contributed by atoms with van der Waals surface area (Å²) in [7, 11) is 1.51. The van der Waals surface area contributed by atoms with E-state index in [2.05, 4.69) is 25.1 Å². The number of nitrogens with one attached hydrogen (secondary N) is 1. The molecule has 2 aromatic heterocycles. The zero-order valence-corrected chi connectivity index (χ0v) is 19.8. The maximum Gasteiger partial charge on any atom is 0.573 e. The number of anilines is 1. The van der Waals surface area contributed by atoms with Crippen LogP contribution >= 0.6 is 11.8 Å². The predicted molar refractivity (Wildman–Crippen MR) is 120 cm³/mol. The number of amides is 2. The molecule has 0 fully saturated rings. The summed E-state index contributed by atoms with van der Waals surface area (Å²) in [4.78, 5) is 34.9. The van der Waals surface area contributed by atoms with Crippen molar-refractivity contribution in [3.63, 3.8) is 0 Å². The first kappa shape index (κ1) is 25.3. The van der Waals surface area contributed by atoms with Gasteiger partial charge in [-0.3, -0.25) is 9.59 Å². The minimum absolute atomic E-state index is 0.159. The molecule has 3 rings (SSSR count). The molecular weight excluding hydrogens is 473 g/mol. The second-order valence-corrected chi connectivity index (χ2v) is 8.22. The Morgan fingerprint density at radius 1 is 1.18 bits per heavy atom. The number of likely N-dealkylation sites (N-methyl/N-ethyl adjacent to an activating group) is 1. The van der Waals surface area contributed by atoms with E-state index in [0.717, 1.165) is 29.1 Å². The fraction of sp³-hybridized carbons (Fsp3) is 0.381. The molecule has 3 aromatic rings. The van der Waals surface area contributed by atoms with E-state index in [1.807, 2.05) is 20.1 Å². The topological polar surface area (TPSA) is 102 Å². The van der Waals surface area contributed by atoms with Crippen LogP contribution in [0, 0.1) is 13.8 Å². The third-order valence-electron chi connectivity index (χ3n) is 4.98. The lowest BCUT2D eigenvalue weighted by Crippen LogP contribution is -2.35. The zero-order valence-electron chi connectivity index (χ0n) is 18.9. The Morgan fingerprint density at radius 3 is 2.47 bits per heavy atom. The Hall–Kier alpha value is -3.35. The van der Waals surface area contributed by atoms with E-state index < -0.39 is 18.0 Å². The second kappa shape index (κ2) is 10.3. The van der Waals surface area contributed by atoms with Crippen LogP contribution in [0.1, 0.15) is 23.4 Å². The SMILES string of the molecule is CSc1nc2nc(C)c(CCC(=O)N(C)CC(=O)Nc3ccc(OC(F)(F)F)cc3)c(C)n2n1. The van der Waals surface area contributed by atoms with Gasteiger partial charge in [-0.1, -0.05) is 11.8 Å². The Labute approximate surface area is 197 Å². The van der Waals surface area contributed by atoms with Gasteiger partial charge in [-0.25, -0.2) is 9.50 Å². The molecule has 1 N–H and O–H groups in total. The number of thioether (sulfide) groups is 1. The molecule has 0 radical (unpaired) electrons. The first-order valence-corrected chi connectivity index (χ1v) is 11.4. The van der Waals surface area contributed by atoms with Crippen molar-refractivity contribution in [2.24, 2.45) is 0 Å². The lowest BCUT2D eigenvalue weighted by molar-refractivity contribution is -0.274. The second-order valence-electron chi connectivity index (χ2n) is 7.44. The molecule has 0 bridgehead atoms. The van der Waals surface area contributed by atoms with E-state index in [1.54, 1.807) is 4.52 Å². The Morgan fingerprint density at radius 2 is 1.85 bits per heavy atom. The first-order chi connectivity index (χ1) is 16.0. The fourth-order valence-electron chi connectivity index (χ4n) is 3.31. The summed E-state index contributed by atoms with van der Waals surface area (Å²) < 4.78 is 42.1. The average Bonchev–Trinajstić information content (AvgIpc) is 3.17. The number of carbonyl (C=O) groups is 2. The standard InChI is InChI=1S/C21H23F3N6O3S/c1-12-16(13(2)30-19(25-12)27-20(28-30)34-4)9-10-18(32)29(3)11-17(31)26-14-5-7-15(8-6-14)33-21(22,23)24/h5-8H,9-11H2,1-4H3,(H,26,31). The van der Waals surface area contributed by atoms with Crippen molar-refractivity contribution < 1.29 is 27.5 Å². The number of alkyl halides is 3. The number of hydrogen-bond acceptors (Lipinski definition) is 7. The predicted octanol–water partition coefficient (Wildman–Crippen LogP) is 3.39. The van der Waals surface area contributed by atoms with Crippen molar-refractivity contribution in [2.75, 3.05) is 25.2 Å². The highest BCUT2D eigenvalue weighted by molar-refractivity contribution is 7.98. The summed E-state index contributed by atoms with van der Waals surface area (Å²) >= 11 is 1.41. The Kier molecular flexibility index (Phi) is 7.64. The van der Waals surface area contributed by atoms with E-state index in [9.17, 15) is 22.8 Å². The molecule has 0 spiro atoms. The molecule has 0 unspecified atom stereocenters. The van der Waals surface area contributed by atoms with Crippen LogP contribution in [-0.2, 0) is 16.0 Å². The van der Waals surface area contributed by atoms with Crippen molar-refractivity contribution in [1.82, 2.24) is 24.5 Å². The summed E-state index contributed by atoms with van der Waals surface area (Å²) in [5.41, 5.74) is 2.78. The third-order valence-corrected chi connectivity index (χ3v) is 5.52. The lowest BCUT2D eigenvalue weighted by atomic mass is 10.1. The number of rotatable bonds is 8. The van der Waals surface area contributed by atoms with Gasteiger partial charge < -0.3 is 15.0 Å². The maximum atomic E-state index is 12.6. The first-order valence-electron chi connectivity index (χ1n) is 10.1. The normalized spacial score (nSPS) is 11.5. The molecule has 2 heterocycles. The molecule has 0 saturated heterocycles. The number of halogens is 3. The number of hydrogen-bond donors (Lipinski definition) is 1. The van der Waals surface area contributed by atoms with Gasteiger partial charge in [0.15, 0.2) is 0 Å². The third kappa shape index (κ3) is 6.37. The van der Waals surface area contributed by atoms with Gasteiger partial charge >= 0.3 is 6.36 Å². The summed E-state index contributed by atoms with van der Waals surface area (Å²) in [6, 6.07) is 4.74. The molecule has 2 amide bonds. The molecule has 0 atom stereocenters. The van der Waals surface area contributed by atoms with Gasteiger partial charge in [0.1, 0.15) is 5.75 Å². The van der Waals surface area contributed by atoms with E-state index in [4.69, 9.17) is 0 Å². The molecular formula is C21H23F3N6O3S. The number of benzene rings is 1. The van der Waals surface area contributed by atoms with E-state index >= 15 is 0 Å². The van der Waals surface area contributed by atoms with Gasteiger partial charge in [0.2, 0.25) is 17.0 Å². The van der Waals surface area contributed by atoms with Crippen LogP contribution in [0.15, 0.2) is 29.4 Å². The van der Waals surface area contributed by atoms with Crippen molar-refractivity contribution in [3.05, 3.63) is 41.2 Å². The van der Waals surface area contributed by atoms with E-state index in [0.29, 0.717) is 17.4 Å². The molecule has 0 saturated carbocycles. The number of ether oxygens (including phenoxy) is 1. The summed E-state index contributed by atoms with van der Waals surface area (Å²) in [5.74, 6) is -0.623. The van der Waals surface area contributed by atoms with Gasteiger partial charge in [0.25, 0.3) is 5.78 Å². The molecule has 13 heteroatoms. The Bertz CT molecular complexity index is 1200. The van der Waals surface area contributed by atoms with Crippen molar-refractivity contribution in [1.29, 1.82) is 0 Å². The van der Waals surface area contributed by atoms with Crippen LogP contribution in [0.2, 0.25) is 0 Å². The molecule has 0 aliphatic rings. The largest absolute Gasteiger partial charge is 0.573 e. The number of carbonyl (C=O) groups excluding carboxylic acids is 2. The highest BCUT2D eigenvalue weighted by atomic mass is 32.2. The van der Waals surface area contributed by atoms with Gasteiger partial charge in [0.05, 0.1) is 6.54 Å². The Balaban J connectivity index is 1.55.